The third-order valence-electron chi connectivity index (χ3n) is 4.55. The van der Waals surface area contributed by atoms with Gasteiger partial charge in [-0.3, -0.25) is 4.79 Å². The van der Waals surface area contributed by atoms with Crippen LogP contribution in [0.2, 0.25) is 0 Å². The Kier molecular flexibility index (Phi) is 6.29. The molecular weight excluding hydrogens is 411 g/mol. The molecule has 0 bridgehead atoms. The van der Waals surface area contributed by atoms with Gasteiger partial charge in [0.25, 0.3) is 5.91 Å². The maximum Gasteiger partial charge on any atom is 0.417 e. The first-order valence-electron chi connectivity index (χ1n) is 9.09. The second kappa shape index (κ2) is 8.91. The number of carbonyl (C=O) groups is 2. The Morgan fingerprint density at radius 2 is 1.61 bits per heavy atom. The lowest BCUT2D eigenvalue weighted by Gasteiger charge is -2.18. The van der Waals surface area contributed by atoms with Crippen molar-refractivity contribution < 1.29 is 32.2 Å². The predicted octanol–water partition coefficient (Wildman–Crippen LogP) is 5.42. The molecule has 31 heavy (non-hydrogen) atoms. The van der Waals surface area contributed by atoms with Crippen LogP contribution in [0.1, 0.15) is 26.3 Å². The summed E-state index contributed by atoms with van der Waals surface area (Å²) in [6.45, 7) is 0. The van der Waals surface area contributed by atoms with Crippen LogP contribution in [0, 0.1) is 0 Å². The Labute approximate surface area is 176 Å². The van der Waals surface area contributed by atoms with Crippen molar-refractivity contribution in [1.82, 2.24) is 0 Å². The summed E-state index contributed by atoms with van der Waals surface area (Å²) < 4.78 is 51.0. The molecule has 160 valence electrons. The highest BCUT2D eigenvalue weighted by Gasteiger charge is 2.36. The maximum atomic E-state index is 13.7. The number of methoxy groups -OCH3 is 2. The molecule has 0 aliphatic rings. The summed E-state index contributed by atoms with van der Waals surface area (Å²) in [5.74, 6) is -1.48. The molecule has 1 N–H and O–H groups in total. The lowest BCUT2D eigenvalue weighted by molar-refractivity contribution is -0.137. The maximum absolute atomic E-state index is 13.7. The lowest BCUT2D eigenvalue weighted by atomic mass is 9.94. The third-order valence-corrected chi connectivity index (χ3v) is 4.55. The van der Waals surface area contributed by atoms with E-state index in [0.717, 1.165) is 6.07 Å². The highest BCUT2D eigenvalue weighted by molar-refractivity contribution is 6.10. The van der Waals surface area contributed by atoms with E-state index in [1.165, 1.54) is 44.6 Å². The van der Waals surface area contributed by atoms with E-state index in [1.54, 1.807) is 30.3 Å². The number of anilines is 1. The molecule has 0 unspecified atom stereocenters. The number of nitrogens with one attached hydrogen (secondary N) is 1. The van der Waals surface area contributed by atoms with E-state index < -0.39 is 29.2 Å². The van der Waals surface area contributed by atoms with Gasteiger partial charge in [-0.15, -0.1) is 0 Å². The van der Waals surface area contributed by atoms with E-state index in [-0.39, 0.29) is 22.6 Å². The fourth-order valence-electron chi connectivity index (χ4n) is 3.12. The van der Waals surface area contributed by atoms with Crippen LogP contribution in [0.3, 0.4) is 0 Å². The van der Waals surface area contributed by atoms with Gasteiger partial charge in [0.05, 0.1) is 36.6 Å². The number of amides is 1. The number of alkyl halides is 3. The Morgan fingerprint density at radius 3 is 2.23 bits per heavy atom. The Balaban J connectivity index is 2.09. The monoisotopic (exact) mass is 429 g/mol. The number of benzene rings is 3. The third kappa shape index (κ3) is 4.69. The zero-order valence-electron chi connectivity index (χ0n) is 16.6. The van der Waals surface area contributed by atoms with Gasteiger partial charge in [-0.2, -0.15) is 13.2 Å². The van der Waals surface area contributed by atoms with E-state index in [4.69, 9.17) is 4.74 Å². The minimum absolute atomic E-state index is 0.0991. The van der Waals surface area contributed by atoms with E-state index in [9.17, 15) is 22.8 Å². The summed E-state index contributed by atoms with van der Waals surface area (Å²) in [4.78, 5) is 24.8. The van der Waals surface area contributed by atoms with Gasteiger partial charge in [-0.1, -0.05) is 42.5 Å². The average molecular weight is 429 g/mol. The second-order valence-electron chi connectivity index (χ2n) is 6.45. The molecule has 1 amide bonds. The highest BCUT2D eigenvalue weighted by atomic mass is 19.4. The van der Waals surface area contributed by atoms with Gasteiger partial charge in [-0.25, -0.2) is 4.79 Å². The van der Waals surface area contributed by atoms with Crippen molar-refractivity contribution in [3.05, 3.63) is 83.4 Å². The number of rotatable bonds is 5. The normalized spacial score (nSPS) is 11.0. The van der Waals surface area contributed by atoms with Crippen LogP contribution in [-0.2, 0) is 10.9 Å². The highest BCUT2D eigenvalue weighted by Crippen LogP contribution is 2.37. The molecule has 0 saturated carbocycles. The molecule has 0 fully saturated rings. The van der Waals surface area contributed by atoms with Gasteiger partial charge in [-0.05, 0) is 35.4 Å². The van der Waals surface area contributed by atoms with E-state index >= 15 is 0 Å². The van der Waals surface area contributed by atoms with Crippen molar-refractivity contribution in [1.29, 1.82) is 0 Å². The SMILES string of the molecule is COC(=O)c1ccc(NC(=O)c2c(-c3ccccc3)cccc2C(F)(F)F)c(OC)c1. The Hall–Kier alpha value is -3.81. The molecule has 0 radical (unpaired) electrons. The van der Waals surface area contributed by atoms with Gasteiger partial charge in [0.2, 0.25) is 0 Å². The minimum atomic E-state index is -4.74. The van der Waals surface area contributed by atoms with Gasteiger partial charge < -0.3 is 14.8 Å². The van der Waals surface area contributed by atoms with Gasteiger partial charge in [0.1, 0.15) is 5.75 Å². The number of hydrogen-bond acceptors (Lipinski definition) is 4. The van der Waals surface area contributed by atoms with E-state index in [2.05, 4.69) is 10.1 Å². The largest absolute Gasteiger partial charge is 0.495 e. The molecule has 0 spiro atoms. The number of ether oxygens (including phenoxy) is 2. The number of halogens is 3. The Morgan fingerprint density at radius 1 is 0.903 bits per heavy atom. The quantitative estimate of drug-likeness (QED) is 0.550. The van der Waals surface area contributed by atoms with Crippen LogP contribution in [0.15, 0.2) is 66.7 Å². The standard InChI is InChI=1S/C23H18F3NO4/c1-30-19-13-15(22(29)31-2)11-12-18(19)27-21(28)20-16(14-7-4-3-5-8-14)9-6-10-17(20)23(24,25)26/h3-13H,1-2H3,(H,27,28). The van der Waals surface area contributed by atoms with Crippen LogP contribution in [0.4, 0.5) is 18.9 Å². The van der Waals surface area contributed by atoms with Gasteiger partial charge in [0.15, 0.2) is 0 Å². The van der Waals surface area contributed by atoms with Crippen LogP contribution in [-0.4, -0.2) is 26.1 Å². The summed E-state index contributed by atoms with van der Waals surface area (Å²) in [6, 6.07) is 16.0. The van der Waals surface area contributed by atoms with Crippen molar-refractivity contribution in [3.8, 4) is 16.9 Å². The number of hydrogen-bond donors (Lipinski definition) is 1. The molecule has 3 aromatic rings. The number of carbonyl (C=O) groups excluding carboxylic acids is 2. The molecule has 0 heterocycles. The first kappa shape index (κ1) is 21.9. The predicted molar refractivity (Wildman–Crippen MR) is 109 cm³/mol. The van der Waals surface area contributed by atoms with Gasteiger partial charge >= 0.3 is 12.1 Å². The van der Waals surface area contributed by atoms with Crippen LogP contribution in [0.5, 0.6) is 5.75 Å². The molecular formula is C23H18F3NO4. The zero-order chi connectivity index (χ0) is 22.6. The molecule has 0 aliphatic heterocycles. The molecule has 5 nitrogen and oxygen atoms in total. The smallest absolute Gasteiger partial charge is 0.417 e. The molecule has 3 rings (SSSR count). The first-order valence-corrected chi connectivity index (χ1v) is 9.09. The minimum Gasteiger partial charge on any atom is -0.495 e. The zero-order valence-corrected chi connectivity index (χ0v) is 16.6. The summed E-state index contributed by atoms with van der Waals surface area (Å²) >= 11 is 0. The molecule has 0 aromatic heterocycles. The van der Waals surface area contributed by atoms with E-state index in [0.29, 0.717) is 5.56 Å². The summed E-state index contributed by atoms with van der Waals surface area (Å²) in [7, 11) is 2.52. The molecule has 0 saturated heterocycles. The summed E-state index contributed by atoms with van der Waals surface area (Å²) in [5.41, 5.74) is -0.698. The second-order valence-corrected chi connectivity index (χ2v) is 6.45. The van der Waals surface area contributed by atoms with Crippen LogP contribution >= 0.6 is 0 Å². The molecule has 3 aromatic carbocycles. The van der Waals surface area contributed by atoms with Crippen molar-refractivity contribution in [3.63, 3.8) is 0 Å². The van der Waals surface area contributed by atoms with Crippen molar-refractivity contribution >= 4 is 17.6 Å². The lowest BCUT2D eigenvalue weighted by Crippen LogP contribution is -2.20. The van der Waals surface area contributed by atoms with Crippen LogP contribution in [0.25, 0.3) is 11.1 Å². The number of esters is 1. The summed E-state index contributed by atoms with van der Waals surface area (Å²) in [5, 5.41) is 2.47. The Bertz CT molecular complexity index is 1110. The summed E-state index contributed by atoms with van der Waals surface area (Å²) in [6.07, 6.45) is -4.74. The fraction of sp³-hybridized carbons (Fsp3) is 0.130. The first-order chi connectivity index (χ1) is 14.8. The average Bonchev–Trinajstić information content (AvgIpc) is 2.78. The van der Waals surface area contributed by atoms with Crippen molar-refractivity contribution in [2.24, 2.45) is 0 Å². The van der Waals surface area contributed by atoms with Crippen LogP contribution < -0.4 is 10.1 Å². The molecule has 8 heteroatoms. The van der Waals surface area contributed by atoms with E-state index in [1.807, 2.05) is 0 Å². The molecule has 0 atom stereocenters. The van der Waals surface area contributed by atoms with Crippen molar-refractivity contribution in [2.45, 2.75) is 6.18 Å². The topological polar surface area (TPSA) is 64.6 Å². The van der Waals surface area contributed by atoms with Crippen molar-refractivity contribution in [2.75, 3.05) is 19.5 Å². The molecule has 0 aliphatic carbocycles. The fourth-order valence-corrected chi connectivity index (χ4v) is 3.12. The van der Waals surface area contributed by atoms with Gasteiger partial charge in [0, 0.05) is 0 Å².